The maximum absolute atomic E-state index is 12.6. The van der Waals surface area contributed by atoms with E-state index in [1.54, 1.807) is 0 Å². The van der Waals surface area contributed by atoms with Crippen LogP contribution in [-0.4, -0.2) is 49.0 Å². The Balaban J connectivity index is 1.46. The van der Waals surface area contributed by atoms with Crippen LogP contribution in [0.4, 0.5) is 5.69 Å². The Morgan fingerprint density at radius 3 is 3.00 bits per heavy atom. The van der Waals surface area contributed by atoms with Gasteiger partial charge in [-0.15, -0.1) is 0 Å². The van der Waals surface area contributed by atoms with Gasteiger partial charge in [0.05, 0.1) is 13.2 Å². The molecule has 2 aliphatic rings. The molecular weight excluding hydrogens is 318 g/mol. The molecule has 1 saturated heterocycles. The van der Waals surface area contributed by atoms with Crippen LogP contribution in [-0.2, 0) is 24.2 Å². The summed E-state index contributed by atoms with van der Waals surface area (Å²) in [5.74, 6) is -0.127. The van der Waals surface area contributed by atoms with Crippen LogP contribution in [0.25, 0.3) is 0 Å². The summed E-state index contributed by atoms with van der Waals surface area (Å²) >= 11 is 0. The monoisotopic (exact) mass is 341 g/mol. The molecule has 0 bridgehead atoms. The Labute approximate surface area is 146 Å². The number of carbonyl (C=O) groups excluding carboxylic acids is 1. The summed E-state index contributed by atoms with van der Waals surface area (Å²) in [4.78, 5) is 14.9. The molecular formula is C18H23N5O2. The van der Waals surface area contributed by atoms with Crippen LogP contribution in [0.5, 0.6) is 0 Å². The van der Waals surface area contributed by atoms with Crippen LogP contribution >= 0.6 is 0 Å². The Morgan fingerprint density at radius 1 is 1.28 bits per heavy atom. The lowest BCUT2D eigenvalue weighted by atomic mass is 10.1. The quantitative estimate of drug-likeness (QED) is 0.767. The van der Waals surface area contributed by atoms with Gasteiger partial charge in [0.25, 0.3) is 5.91 Å². The third kappa shape index (κ3) is 3.38. The third-order valence-electron chi connectivity index (χ3n) is 4.80. The number of hydrogen-bond donors (Lipinski definition) is 3. The van der Waals surface area contributed by atoms with Gasteiger partial charge in [-0.1, -0.05) is 18.2 Å². The molecule has 7 heteroatoms. The van der Waals surface area contributed by atoms with E-state index >= 15 is 0 Å². The van der Waals surface area contributed by atoms with Gasteiger partial charge in [0, 0.05) is 56.1 Å². The van der Waals surface area contributed by atoms with E-state index in [4.69, 9.17) is 4.74 Å². The number of ether oxygens (including phenoxy) is 1. The number of aromatic amines is 1. The van der Waals surface area contributed by atoms with Crippen LogP contribution in [0.3, 0.4) is 0 Å². The van der Waals surface area contributed by atoms with E-state index in [0.717, 1.165) is 61.8 Å². The van der Waals surface area contributed by atoms with Crippen molar-refractivity contribution in [1.29, 1.82) is 0 Å². The van der Waals surface area contributed by atoms with Crippen LogP contribution in [0, 0.1) is 0 Å². The highest BCUT2D eigenvalue weighted by Crippen LogP contribution is 2.22. The van der Waals surface area contributed by atoms with Crippen molar-refractivity contribution in [2.75, 3.05) is 37.7 Å². The zero-order valence-corrected chi connectivity index (χ0v) is 14.2. The third-order valence-corrected chi connectivity index (χ3v) is 4.80. The van der Waals surface area contributed by atoms with E-state index in [2.05, 4.69) is 37.9 Å². The van der Waals surface area contributed by atoms with Crippen molar-refractivity contribution in [3.05, 3.63) is 46.8 Å². The Hall–Kier alpha value is -2.38. The van der Waals surface area contributed by atoms with Crippen LogP contribution in [0.2, 0.25) is 0 Å². The molecule has 2 aromatic rings. The normalized spacial score (nSPS) is 17.2. The largest absolute Gasteiger partial charge is 0.378 e. The Kier molecular flexibility index (Phi) is 4.67. The molecule has 1 amide bonds. The minimum absolute atomic E-state index is 0.127. The number of benzene rings is 1. The molecule has 1 aromatic carbocycles. The van der Waals surface area contributed by atoms with Gasteiger partial charge in [-0.2, -0.15) is 5.10 Å². The molecule has 1 fully saturated rings. The average molecular weight is 341 g/mol. The standard InChI is InChI=1S/C18H23N5O2/c24-18(17-14-12-19-6-5-15(14)21-22-17)20-11-13-3-1-2-4-16(13)23-7-9-25-10-8-23/h1-4,19H,5-12H2,(H,20,24)(H,21,22). The number of carbonyl (C=O) groups is 1. The fourth-order valence-corrected chi connectivity index (χ4v) is 3.45. The first-order chi connectivity index (χ1) is 12.3. The number of H-pyrrole nitrogens is 1. The average Bonchev–Trinajstić information content (AvgIpc) is 3.11. The van der Waals surface area contributed by atoms with Crippen molar-refractivity contribution < 1.29 is 9.53 Å². The number of hydrogen-bond acceptors (Lipinski definition) is 5. The van der Waals surface area contributed by atoms with Gasteiger partial charge in [-0.05, 0) is 11.6 Å². The molecule has 0 unspecified atom stereocenters. The predicted molar refractivity (Wildman–Crippen MR) is 94.6 cm³/mol. The molecule has 0 atom stereocenters. The molecule has 3 N–H and O–H groups in total. The van der Waals surface area contributed by atoms with Crippen molar-refractivity contribution in [3.8, 4) is 0 Å². The van der Waals surface area contributed by atoms with Gasteiger partial charge in [0.2, 0.25) is 0 Å². The van der Waals surface area contributed by atoms with Crippen molar-refractivity contribution >= 4 is 11.6 Å². The molecule has 0 aliphatic carbocycles. The second-order valence-electron chi connectivity index (χ2n) is 6.37. The molecule has 0 spiro atoms. The number of para-hydroxylation sites is 1. The molecule has 4 rings (SSSR count). The number of anilines is 1. The fraction of sp³-hybridized carbons (Fsp3) is 0.444. The van der Waals surface area contributed by atoms with Crippen LogP contribution in [0.1, 0.15) is 27.3 Å². The maximum atomic E-state index is 12.6. The smallest absolute Gasteiger partial charge is 0.272 e. The lowest BCUT2D eigenvalue weighted by molar-refractivity contribution is 0.0944. The first-order valence-corrected chi connectivity index (χ1v) is 8.78. The highest BCUT2D eigenvalue weighted by atomic mass is 16.5. The minimum Gasteiger partial charge on any atom is -0.378 e. The summed E-state index contributed by atoms with van der Waals surface area (Å²) in [5.41, 5.74) is 4.84. The molecule has 25 heavy (non-hydrogen) atoms. The maximum Gasteiger partial charge on any atom is 0.272 e. The number of morpholine rings is 1. The molecule has 1 aromatic heterocycles. The van der Waals surface area contributed by atoms with Gasteiger partial charge in [0.15, 0.2) is 5.69 Å². The number of nitrogens with one attached hydrogen (secondary N) is 3. The number of nitrogens with zero attached hydrogens (tertiary/aromatic N) is 2. The number of fused-ring (bicyclic) bond motifs is 1. The first kappa shape index (κ1) is 16.1. The first-order valence-electron chi connectivity index (χ1n) is 8.78. The van der Waals surface area contributed by atoms with E-state index in [-0.39, 0.29) is 5.91 Å². The predicted octanol–water partition coefficient (Wildman–Crippen LogP) is 0.822. The van der Waals surface area contributed by atoms with Gasteiger partial charge < -0.3 is 20.3 Å². The van der Waals surface area contributed by atoms with Gasteiger partial charge >= 0.3 is 0 Å². The summed E-state index contributed by atoms with van der Waals surface area (Å²) in [6.45, 7) is 5.34. The molecule has 2 aliphatic heterocycles. The topological polar surface area (TPSA) is 82.3 Å². The summed E-state index contributed by atoms with van der Waals surface area (Å²) < 4.78 is 5.43. The fourth-order valence-electron chi connectivity index (χ4n) is 3.45. The Morgan fingerprint density at radius 2 is 2.12 bits per heavy atom. The van der Waals surface area contributed by atoms with Crippen molar-refractivity contribution in [2.24, 2.45) is 0 Å². The van der Waals surface area contributed by atoms with Gasteiger partial charge in [-0.3, -0.25) is 9.89 Å². The van der Waals surface area contributed by atoms with E-state index in [0.29, 0.717) is 18.8 Å². The minimum atomic E-state index is -0.127. The molecule has 132 valence electrons. The van der Waals surface area contributed by atoms with Gasteiger partial charge in [-0.25, -0.2) is 0 Å². The van der Waals surface area contributed by atoms with Crippen molar-refractivity contribution in [1.82, 2.24) is 20.8 Å². The number of aromatic nitrogens is 2. The summed E-state index contributed by atoms with van der Waals surface area (Å²) in [6.07, 6.45) is 0.884. The van der Waals surface area contributed by atoms with Gasteiger partial charge in [0.1, 0.15) is 0 Å². The Bertz CT molecular complexity index is 752. The molecule has 3 heterocycles. The lowest BCUT2D eigenvalue weighted by Gasteiger charge is -2.30. The zero-order chi connectivity index (χ0) is 17.1. The van der Waals surface area contributed by atoms with Crippen molar-refractivity contribution in [2.45, 2.75) is 19.5 Å². The second-order valence-corrected chi connectivity index (χ2v) is 6.37. The van der Waals surface area contributed by atoms with E-state index in [9.17, 15) is 4.79 Å². The number of amides is 1. The van der Waals surface area contributed by atoms with Crippen LogP contribution < -0.4 is 15.5 Å². The van der Waals surface area contributed by atoms with E-state index in [1.807, 2.05) is 12.1 Å². The molecule has 0 saturated carbocycles. The zero-order valence-electron chi connectivity index (χ0n) is 14.2. The summed E-state index contributed by atoms with van der Waals surface area (Å²) in [7, 11) is 0. The highest BCUT2D eigenvalue weighted by molar-refractivity contribution is 5.94. The van der Waals surface area contributed by atoms with E-state index < -0.39 is 0 Å². The lowest BCUT2D eigenvalue weighted by Crippen LogP contribution is -2.37. The van der Waals surface area contributed by atoms with Crippen LogP contribution in [0.15, 0.2) is 24.3 Å². The SMILES string of the molecule is O=C(NCc1ccccc1N1CCOCC1)c1n[nH]c2c1CNCC2. The summed E-state index contributed by atoms with van der Waals surface area (Å²) in [5, 5.41) is 13.5. The molecule has 0 radical (unpaired) electrons. The number of rotatable bonds is 4. The summed E-state index contributed by atoms with van der Waals surface area (Å²) in [6, 6.07) is 8.21. The molecule has 7 nitrogen and oxygen atoms in total. The highest BCUT2D eigenvalue weighted by Gasteiger charge is 2.22. The second kappa shape index (κ2) is 7.25. The van der Waals surface area contributed by atoms with Crippen molar-refractivity contribution in [3.63, 3.8) is 0 Å². The van der Waals surface area contributed by atoms with E-state index in [1.165, 1.54) is 0 Å².